The van der Waals surface area contributed by atoms with E-state index in [4.69, 9.17) is 23.2 Å². The summed E-state index contributed by atoms with van der Waals surface area (Å²) in [4.78, 5) is 1.22. The van der Waals surface area contributed by atoms with Gasteiger partial charge in [0.2, 0.25) is 0 Å². The Morgan fingerprint density at radius 1 is 1.07 bits per heavy atom. The highest BCUT2D eigenvalue weighted by Gasteiger charge is 2.57. The maximum absolute atomic E-state index is 5.96. The molecule has 3 fully saturated rings. The summed E-state index contributed by atoms with van der Waals surface area (Å²) >= 11 is 13.9. The van der Waals surface area contributed by atoms with Gasteiger partial charge < -0.3 is 0 Å². The molecule has 0 aliphatic heterocycles. The summed E-state index contributed by atoms with van der Waals surface area (Å²) in [7, 11) is 0. The van der Waals surface area contributed by atoms with Crippen molar-refractivity contribution in [1.29, 1.82) is 0 Å². The van der Waals surface area contributed by atoms with E-state index in [0.717, 1.165) is 16.0 Å². The second-order valence-electron chi connectivity index (χ2n) is 4.37. The molecule has 0 amide bonds. The second kappa shape index (κ2) is 3.07. The Morgan fingerprint density at radius 2 is 1.64 bits per heavy atom. The Balaban J connectivity index is 1.82. The van der Waals surface area contributed by atoms with E-state index in [1.165, 1.54) is 24.2 Å². The average molecular weight is 245 g/mol. The van der Waals surface area contributed by atoms with E-state index < -0.39 is 0 Å². The Morgan fingerprint density at radius 3 is 2.07 bits per heavy atom. The first kappa shape index (κ1) is 9.38. The van der Waals surface area contributed by atoms with Gasteiger partial charge in [0.05, 0.1) is 0 Å². The van der Waals surface area contributed by atoms with Gasteiger partial charge in [-0.1, -0.05) is 23.2 Å². The summed E-state index contributed by atoms with van der Waals surface area (Å²) in [6, 6.07) is 5.81. The van der Waals surface area contributed by atoms with Crippen molar-refractivity contribution in [2.45, 2.75) is 28.9 Å². The van der Waals surface area contributed by atoms with Gasteiger partial charge >= 0.3 is 0 Å². The zero-order valence-electron chi connectivity index (χ0n) is 7.59. The smallest absolute Gasteiger partial charge is 0.0431 e. The first-order valence-corrected chi connectivity index (χ1v) is 6.38. The fourth-order valence-corrected chi connectivity index (χ4v) is 4.85. The van der Waals surface area contributed by atoms with Crippen molar-refractivity contribution in [3.8, 4) is 0 Å². The molecule has 0 heterocycles. The first-order chi connectivity index (χ1) is 6.65. The van der Waals surface area contributed by atoms with Gasteiger partial charge in [-0.15, -0.1) is 11.8 Å². The van der Waals surface area contributed by atoms with Gasteiger partial charge in [-0.05, 0) is 43.4 Å². The van der Waals surface area contributed by atoms with Crippen molar-refractivity contribution in [2.24, 2.45) is 5.92 Å². The zero-order chi connectivity index (χ0) is 9.76. The molecule has 0 unspecified atom stereocenters. The molecule has 1 aromatic carbocycles. The molecule has 0 aromatic heterocycles. The molecule has 0 atom stereocenters. The molecule has 2 bridgehead atoms. The van der Waals surface area contributed by atoms with Crippen molar-refractivity contribution in [3.63, 3.8) is 0 Å². The second-order valence-corrected chi connectivity index (χ2v) is 6.78. The molecule has 3 aliphatic rings. The fraction of sp³-hybridized carbons (Fsp3) is 0.455. The third-order valence-corrected chi connectivity index (χ3v) is 4.99. The van der Waals surface area contributed by atoms with Crippen molar-refractivity contribution in [3.05, 3.63) is 28.2 Å². The van der Waals surface area contributed by atoms with E-state index in [9.17, 15) is 0 Å². The first-order valence-electron chi connectivity index (χ1n) is 4.80. The molecule has 1 aromatic rings. The van der Waals surface area contributed by atoms with Gasteiger partial charge in [0.1, 0.15) is 0 Å². The van der Waals surface area contributed by atoms with Gasteiger partial charge in [0.15, 0.2) is 0 Å². The van der Waals surface area contributed by atoms with Crippen LogP contribution in [0.4, 0.5) is 0 Å². The minimum absolute atomic E-state index is 0.554. The topological polar surface area (TPSA) is 0 Å². The minimum atomic E-state index is 0.554. The van der Waals surface area contributed by atoms with E-state index in [-0.39, 0.29) is 0 Å². The van der Waals surface area contributed by atoms with Crippen LogP contribution in [0.15, 0.2) is 23.1 Å². The molecule has 14 heavy (non-hydrogen) atoms. The van der Waals surface area contributed by atoms with Crippen LogP contribution < -0.4 is 0 Å². The van der Waals surface area contributed by atoms with Crippen LogP contribution in [-0.2, 0) is 0 Å². The summed E-state index contributed by atoms with van der Waals surface area (Å²) in [5.74, 6) is 1.03. The zero-order valence-corrected chi connectivity index (χ0v) is 9.92. The molecular formula is C11H10Cl2S. The number of hydrogen-bond acceptors (Lipinski definition) is 1. The molecule has 0 spiro atoms. The largest absolute Gasteiger partial charge is 0.119 e. The molecule has 3 heteroatoms. The van der Waals surface area contributed by atoms with Crippen LogP contribution >= 0.6 is 35.0 Å². The molecule has 0 nitrogen and oxygen atoms in total. The summed E-state index contributed by atoms with van der Waals surface area (Å²) in [5, 5.41) is 1.48. The third kappa shape index (κ3) is 1.46. The molecular weight excluding hydrogens is 235 g/mol. The Bertz CT molecular complexity index is 352. The van der Waals surface area contributed by atoms with Crippen LogP contribution in [-0.4, -0.2) is 4.75 Å². The van der Waals surface area contributed by atoms with Gasteiger partial charge in [-0.3, -0.25) is 0 Å². The molecule has 74 valence electrons. The Labute approximate surface area is 98.0 Å². The van der Waals surface area contributed by atoms with Gasteiger partial charge in [0.25, 0.3) is 0 Å². The number of halogens is 2. The van der Waals surface area contributed by atoms with Crippen molar-refractivity contribution < 1.29 is 0 Å². The average Bonchev–Trinajstić information content (AvgIpc) is 1.92. The van der Waals surface area contributed by atoms with E-state index >= 15 is 0 Å². The number of benzene rings is 1. The Hall–Kier alpha value is 0.150. The highest BCUT2D eigenvalue weighted by Crippen LogP contribution is 2.66. The van der Waals surface area contributed by atoms with Crippen LogP contribution in [0.25, 0.3) is 0 Å². The normalized spacial score (nSPS) is 33.4. The van der Waals surface area contributed by atoms with Crippen LogP contribution in [0.2, 0.25) is 10.0 Å². The van der Waals surface area contributed by atoms with E-state index in [1.54, 1.807) is 6.07 Å². The van der Waals surface area contributed by atoms with Gasteiger partial charge in [-0.2, -0.15) is 0 Å². The van der Waals surface area contributed by atoms with Gasteiger partial charge in [0, 0.05) is 19.7 Å². The third-order valence-electron chi connectivity index (χ3n) is 3.15. The highest BCUT2D eigenvalue weighted by molar-refractivity contribution is 8.00. The quantitative estimate of drug-likeness (QED) is 0.731. The molecule has 4 rings (SSSR count). The molecule has 0 N–H and O–H groups in total. The van der Waals surface area contributed by atoms with Crippen LogP contribution in [0.1, 0.15) is 19.3 Å². The lowest BCUT2D eigenvalue weighted by atomic mass is 9.55. The molecule has 3 aliphatic carbocycles. The summed E-state index contributed by atoms with van der Waals surface area (Å²) in [6.45, 7) is 0. The lowest BCUT2D eigenvalue weighted by Crippen LogP contribution is -2.55. The van der Waals surface area contributed by atoms with Crippen LogP contribution in [0, 0.1) is 5.92 Å². The van der Waals surface area contributed by atoms with E-state index in [2.05, 4.69) is 0 Å². The predicted molar refractivity (Wildman–Crippen MR) is 62.4 cm³/mol. The lowest BCUT2D eigenvalue weighted by molar-refractivity contribution is 0.0580. The predicted octanol–water partition coefficient (Wildman–Crippen LogP) is 4.64. The molecule has 3 saturated carbocycles. The van der Waals surface area contributed by atoms with Crippen LogP contribution in [0.3, 0.4) is 0 Å². The summed E-state index contributed by atoms with van der Waals surface area (Å²) in [5.41, 5.74) is 0. The number of thioether (sulfide) groups is 1. The SMILES string of the molecule is Clc1cc(Cl)cc(SC23CC(C2)C3)c1. The summed E-state index contributed by atoms with van der Waals surface area (Å²) < 4.78 is 0.554. The van der Waals surface area contributed by atoms with Crippen molar-refractivity contribution >= 4 is 35.0 Å². The number of rotatable bonds is 2. The minimum Gasteiger partial charge on any atom is -0.119 e. The monoisotopic (exact) mass is 244 g/mol. The fourth-order valence-electron chi connectivity index (χ4n) is 2.36. The summed E-state index contributed by atoms with van der Waals surface area (Å²) in [6.07, 6.45) is 4.17. The number of hydrogen-bond donors (Lipinski definition) is 0. The van der Waals surface area contributed by atoms with Crippen LogP contribution in [0.5, 0.6) is 0 Å². The maximum atomic E-state index is 5.96. The highest BCUT2D eigenvalue weighted by atomic mass is 35.5. The molecule has 0 radical (unpaired) electrons. The lowest BCUT2D eigenvalue weighted by Gasteiger charge is -2.61. The molecule has 0 saturated heterocycles. The standard InChI is InChI=1S/C11H10Cl2S/c12-8-1-9(13)3-10(2-8)14-11-4-7(5-11)6-11/h1-3,7H,4-6H2. The van der Waals surface area contributed by atoms with Crippen molar-refractivity contribution in [2.75, 3.05) is 0 Å². The van der Waals surface area contributed by atoms with E-state index in [0.29, 0.717) is 4.75 Å². The van der Waals surface area contributed by atoms with Gasteiger partial charge in [-0.25, -0.2) is 0 Å². The van der Waals surface area contributed by atoms with E-state index in [1.807, 2.05) is 23.9 Å². The van der Waals surface area contributed by atoms with Crippen molar-refractivity contribution in [1.82, 2.24) is 0 Å². The maximum Gasteiger partial charge on any atom is 0.0431 e. The Kier molecular flexibility index (Phi) is 2.06.